The van der Waals surface area contributed by atoms with Gasteiger partial charge in [-0.1, -0.05) is 0 Å². The highest BCUT2D eigenvalue weighted by Crippen LogP contribution is 2.37. The highest BCUT2D eigenvalue weighted by molar-refractivity contribution is 7.14. The maximum atomic E-state index is 12.2. The molecule has 0 unspecified atom stereocenters. The number of carbonyl (C=O) groups is 3. The monoisotopic (exact) mass is 387 g/mol. The molecule has 0 saturated heterocycles. The second-order valence-corrected chi connectivity index (χ2v) is 7.48. The van der Waals surface area contributed by atoms with E-state index in [4.69, 9.17) is 14.2 Å². The molecule has 1 amide bonds. The number of nitrogens with one attached hydrogen (secondary N) is 1. The van der Waals surface area contributed by atoms with Crippen molar-refractivity contribution in [3.8, 4) is 11.5 Å². The Morgan fingerprint density at radius 2 is 1.93 bits per heavy atom. The molecule has 0 atom stereocenters. The van der Waals surface area contributed by atoms with Crippen molar-refractivity contribution in [1.29, 1.82) is 0 Å². The summed E-state index contributed by atoms with van der Waals surface area (Å²) in [5, 5.41) is 2.60. The number of amides is 1. The number of ether oxygens (including phenoxy) is 3. The number of ketones is 1. The summed E-state index contributed by atoms with van der Waals surface area (Å²) >= 11 is 1.42. The lowest BCUT2D eigenvalue weighted by Crippen LogP contribution is -2.21. The van der Waals surface area contributed by atoms with E-state index in [2.05, 4.69) is 5.32 Å². The highest BCUT2D eigenvalue weighted by Gasteiger charge is 2.22. The third-order valence-corrected chi connectivity index (χ3v) is 5.67. The molecule has 7 nitrogen and oxygen atoms in total. The third kappa shape index (κ3) is 3.52. The van der Waals surface area contributed by atoms with E-state index in [1.54, 1.807) is 0 Å². The summed E-state index contributed by atoms with van der Waals surface area (Å²) in [5.74, 6) is -0.375. The van der Waals surface area contributed by atoms with Crippen molar-refractivity contribution in [2.75, 3.05) is 18.7 Å². The van der Waals surface area contributed by atoms with Crippen LogP contribution in [0.3, 0.4) is 0 Å². The predicted molar refractivity (Wildman–Crippen MR) is 97.8 cm³/mol. The van der Waals surface area contributed by atoms with Gasteiger partial charge in [0, 0.05) is 16.5 Å². The molecule has 0 spiro atoms. The number of thiophene rings is 1. The number of aryl methyl sites for hydroxylation is 2. The van der Waals surface area contributed by atoms with Gasteiger partial charge in [-0.05, 0) is 43.9 Å². The molecule has 0 bridgehead atoms. The van der Waals surface area contributed by atoms with Crippen LogP contribution in [0.15, 0.2) is 18.2 Å². The van der Waals surface area contributed by atoms with Crippen molar-refractivity contribution in [1.82, 2.24) is 0 Å². The van der Waals surface area contributed by atoms with E-state index < -0.39 is 18.5 Å². The Bertz CT molecular complexity index is 926. The van der Waals surface area contributed by atoms with Crippen LogP contribution in [0.25, 0.3) is 0 Å². The molecule has 1 aliphatic heterocycles. The van der Waals surface area contributed by atoms with Crippen LogP contribution < -0.4 is 14.8 Å². The molecule has 2 aliphatic rings. The summed E-state index contributed by atoms with van der Waals surface area (Å²) in [6.07, 6.45) is 3.09. The Kier molecular flexibility index (Phi) is 4.57. The molecule has 1 aromatic heterocycles. The molecular weight excluding hydrogens is 370 g/mol. The van der Waals surface area contributed by atoms with E-state index in [9.17, 15) is 14.4 Å². The van der Waals surface area contributed by atoms with Gasteiger partial charge in [0.1, 0.15) is 4.88 Å². The summed E-state index contributed by atoms with van der Waals surface area (Å²) < 4.78 is 15.6. The number of Topliss-reactive ketones (excluding diaryl/α,β-unsaturated/α-hetero) is 1. The molecule has 2 heterocycles. The Labute approximate surface area is 159 Å². The zero-order valence-electron chi connectivity index (χ0n) is 14.6. The molecule has 1 N–H and O–H groups in total. The number of rotatable bonds is 5. The van der Waals surface area contributed by atoms with E-state index in [0.29, 0.717) is 27.6 Å². The topological polar surface area (TPSA) is 90.9 Å². The molecule has 1 aromatic carbocycles. The minimum atomic E-state index is -0.534. The lowest BCUT2D eigenvalue weighted by molar-refractivity contribution is -0.119. The Morgan fingerprint density at radius 1 is 1.15 bits per heavy atom. The van der Waals surface area contributed by atoms with Crippen molar-refractivity contribution in [3.05, 3.63) is 39.1 Å². The second-order valence-electron chi connectivity index (χ2n) is 6.34. The first-order chi connectivity index (χ1) is 13.0. The zero-order valence-corrected chi connectivity index (χ0v) is 15.4. The SMILES string of the molecule is CC(=O)c1cc2c(cc1NC(=O)COC(=O)c1cc3c(s1)CCC3)OCO2. The van der Waals surface area contributed by atoms with Gasteiger partial charge in [0.2, 0.25) is 6.79 Å². The van der Waals surface area contributed by atoms with Gasteiger partial charge in [-0.15, -0.1) is 11.3 Å². The molecular formula is C19H17NO6S. The van der Waals surface area contributed by atoms with E-state index >= 15 is 0 Å². The molecule has 140 valence electrons. The molecule has 0 radical (unpaired) electrons. The van der Waals surface area contributed by atoms with E-state index in [-0.39, 0.29) is 12.6 Å². The largest absolute Gasteiger partial charge is 0.454 e. The Balaban J connectivity index is 1.40. The Morgan fingerprint density at radius 3 is 2.67 bits per heavy atom. The predicted octanol–water partition coefficient (Wildman–Crippen LogP) is 2.96. The summed E-state index contributed by atoms with van der Waals surface area (Å²) in [6.45, 7) is 1.02. The van der Waals surface area contributed by atoms with Crippen LogP contribution in [0.2, 0.25) is 0 Å². The van der Waals surface area contributed by atoms with Gasteiger partial charge < -0.3 is 19.5 Å². The summed E-state index contributed by atoms with van der Waals surface area (Å²) in [4.78, 5) is 37.9. The Hall–Kier alpha value is -2.87. The van der Waals surface area contributed by atoms with Crippen molar-refractivity contribution >= 4 is 34.7 Å². The van der Waals surface area contributed by atoms with Gasteiger partial charge in [-0.3, -0.25) is 9.59 Å². The van der Waals surface area contributed by atoms with E-state index in [0.717, 1.165) is 19.3 Å². The van der Waals surface area contributed by atoms with Gasteiger partial charge in [0.15, 0.2) is 23.9 Å². The summed E-state index contributed by atoms with van der Waals surface area (Å²) in [6, 6.07) is 4.90. The number of anilines is 1. The lowest BCUT2D eigenvalue weighted by Gasteiger charge is -2.10. The minimum Gasteiger partial charge on any atom is -0.454 e. The van der Waals surface area contributed by atoms with Gasteiger partial charge in [-0.25, -0.2) is 4.79 Å². The second kappa shape index (κ2) is 7.03. The zero-order chi connectivity index (χ0) is 19.0. The third-order valence-electron chi connectivity index (χ3n) is 4.45. The van der Waals surface area contributed by atoms with E-state index in [1.807, 2.05) is 6.07 Å². The maximum Gasteiger partial charge on any atom is 0.348 e. The number of esters is 1. The summed E-state index contributed by atoms with van der Waals surface area (Å²) in [7, 11) is 0. The van der Waals surface area contributed by atoms with Crippen LogP contribution >= 0.6 is 11.3 Å². The average molecular weight is 387 g/mol. The number of fused-ring (bicyclic) bond motifs is 2. The minimum absolute atomic E-state index is 0.0620. The van der Waals surface area contributed by atoms with Crippen LogP contribution in [-0.2, 0) is 22.4 Å². The molecule has 2 aromatic rings. The van der Waals surface area contributed by atoms with Crippen LogP contribution in [0.5, 0.6) is 11.5 Å². The van der Waals surface area contributed by atoms with Crippen molar-refractivity contribution in [3.63, 3.8) is 0 Å². The molecule has 1 aliphatic carbocycles. The standard InChI is InChI=1S/C19H17NO6S/c1-10(21)12-6-14-15(26-9-25-14)7-13(12)20-18(22)8-24-19(23)17-5-11-3-2-4-16(11)27-17/h5-7H,2-4,8-9H2,1H3,(H,20,22). The fraction of sp³-hybridized carbons (Fsp3) is 0.316. The van der Waals surface area contributed by atoms with Crippen LogP contribution in [0.4, 0.5) is 5.69 Å². The van der Waals surface area contributed by atoms with Crippen LogP contribution in [-0.4, -0.2) is 31.1 Å². The average Bonchev–Trinajstić information content (AvgIpc) is 3.33. The molecule has 27 heavy (non-hydrogen) atoms. The summed E-state index contributed by atoms with van der Waals surface area (Å²) in [5.41, 5.74) is 1.79. The first-order valence-electron chi connectivity index (χ1n) is 8.54. The molecule has 0 fully saturated rings. The number of hydrogen-bond acceptors (Lipinski definition) is 7. The quantitative estimate of drug-likeness (QED) is 0.627. The van der Waals surface area contributed by atoms with Crippen molar-refractivity contribution < 1.29 is 28.6 Å². The fourth-order valence-electron chi connectivity index (χ4n) is 3.15. The van der Waals surface area contributed by atoms with Gasteiger partial charge in [0.05, 0.1) is 5.69 Å². The smallest absolute Gasteiger partial charge is 0.348 e. The molecule has 8 heteroatoms. The fourth-order valence-corrected chi connectivity index (χ4v) is 4.30. The lowest BCUT2D eigenvalue weighted by atomic mass is 10.1. The number of benzene rings is 1. The number of carbonyl (C=O) groups excluding carboxylic acids is 3. The van der Waals surface area contributed by atoms with Gasteiger partial charge in [0.25, 0.3) is 5.91 Å². The van der Waals surface area contributed by atoms with Crippen LogP contribution in [0, 0.1) is 0 Å². The first-order valence-corrected chi connectivity index (χ1v) is 9.36. The van der Waals surface area contributed by atoms with Gasteiger partial charge in [-0.2, -0.15) is 0 Å². The molecule has 4 rings (SSSR count). The van der Waals surface area contributed by atoms with Crippen LogP contribution in [0.1, 0.15) is 43.8 Å². The normalized spacial score (nSPS) is 14.0. The van der Waals surface area contributed by atoms with Crippen molar-refractivity contribution in [2.45, 2.75) is 26.2 Å². The maximum absolute atomic E-state index is 12.2. The first kappa shape index (κ1) is 17.5. The molecule has 0 saturated carbocycles. The van der Waals surface area contributed by atoms with Gasteiger partial charge >= 0.3 is 5.97 Å². The number of hydrogen-bond donors (Lipinski definition) is 1. The highest BCUT2D eigenvalue weighted by atomic mass is 32.1. The van der Waals surface area contributed by atoms with E-state index in [1.165, 1.54) is 40.8 Å². The van der Waals surface area contributed by atoms with Crippen molar-refractivity contribution in [2.24, 2.45) is 0 Å².